The van der Waals surface area contributed by atoms with Crippen molar-refractivity contribution in [3.63, 3.8) is 0 Å². The molecule has 10 nitrogen and oxygen atoms in total. The van der Waals surface area contributed by atoms with Gasteiger partial charge in [-0.25, -0.2) is 13.7 Å². The number of phosphoric acid groups is 3. The highest BCUT2D eigenvalue weighted by Gasteiger charge is 2.42. The highest BCUT2D eigenvalue weighted by atomic mass is 31.3. The fraction of sp³-hybridized carbons (Fsp3) is 1.00. The van der Waals surface area contributed by atoms with Crippen LogP contribution < -0.4 is 0 Å². The number of phosphoric ester groups is 1. The van der Waals surface area contributed by atoms with Gasteiger partial charge in [-0.15, -0.1) is 0 Å². The monoisotopic (exact) mass is 354 g/mol. The standard InChI is InChI=1S/C7H17O10P3/c8-18(9,10)16-19(11,12)17-20(13)14-6-4-2-1-3-5-7-15-20/h1-7H2,(H,11,12)(H2,8,9,10). The molecule has 1 rings (SSSR count). The van der Waals surface area contributed by atoms with E-state index in [0.717, 1.165) is 19.3 Å². The van der Waals surface area contributed by atoms with Crippen LogP contribution >= 0.6 is 23.5 Å². The highest BCUT2D eigenvalue weighted by molar-refractivity contribution is 7.66. The highest BCUT2D eigenvalue weighted by Crippen LogP contribution is 2.68. The van der Waals surface area contributed by atoms with E-state index < -0.39 is 23.5 Å². The number of rotatable bonds is 4. The van der Waals surface area contributed by atoms with E-state index in [-0.39, 0.29) is 13.2 Å². The van der Waals surface area contributed by atoms with E-state index in [1.807, 2.05) is 0 Å². The van der Waals surface area contributed by atoms with Crippen LogP contribution in [-0.4, -0.2) is 27.9 Å². The van der Waals surface area contributed by atoms with Gasteiger partial charge in [0.25, 0.3) is 0 Å². The predicted molar refractivity (Wildman–Crippen MR) is 66.6 cm³/mol. The van der Waals surface area contributed by atoms with Crippen LogP contribution in [-0.2, 0) is 31.4 Å². The molecular weight excluding hydrogens is 337 g/mol. The van der Waals surface area contributed by atoms with Gasteiger partial charge < -0.3 is 14.7 Å². The maximum atomic E-state index is 12.0. The quantitative estimate of drug-likeness (QED) is 0.642. The lowest BCUT2D eigenvalue weighted by Crippen LogP contribution is -2.04. The molecule has 1 saturated heterocycles. The van der Waals surface area contributed by atoms with Gasteiger partial charge >= 0.3 is 23.5 Å². The van der Waals surface area contributed by atoms with Crippen LogP contribution in [0.3, 0.4) is 0 Å². The summed E-state index contributed by atoms with van der Waals surface area (Å²) in [6, 6.07) is 0. The minimum Gasteiger partial charge on any atom is -0.302 e. The zero-order valence-electron chi connectivity index (χ0n) is 10.5. The molecule has 0 aromatic rings. The Morgan fingerprint density at radius 1 is 0.900 bits per heavy atom. The minimum atomic E-state index is -5.29. The average Bonchev–Trinajstić information content (AvgIpc) is 2.23. The van der Waals surface area contributed by atoms with Crippen molar-refractivity contribution in [3.05, 3.63) is 0 Å². The molecule has 0 radical (unpaired) electrons. The third-order valence-electron chi connectivity index (χ3n) is 2.20. The largest absolute Gasteiger partial charge is 0.490 e. The summed E-state index contributed by atoms with van der Waals surface area (Å²) in [7, 11) is -15.0. The van der Waals surface area contributed by atoms with E-state index >= 15 is 0 Å². The lowest BCUT2D eigenvalue weighted by atomic mass is 10.1. The predicted octanol–water partition coefficient (Wildman–Crippen LogP) is 2.32. The molecule has 0 aromatic heterocycles. The maximum absolute atomic E-state index is 12.0. The third-order valence-corrected chi connectivity index (χ3v) is 6.50. The lowest BCUT2D eigenvalue weighted by Gasteiger charge is -2.21. The molecule has 1 aliphatic heterocycles. The summed E-state index contributed by atoms with van der Waals surface area (Å²) >= 11 is 0. The van der Waals surface area contributed by atoms with Crippen molar-refractivity contribution in [3.8, 4) is 0 Å². The molecular formula is C7H17O10P3. The molecule has 1 atom stereocenters. The maximum Gasteiger partial charge on any atom is 0.490 e. The second-order valence-corrected chi connectivity index (χ2v) is 8.64. The number of hydrogen-bond acceptors (Lipinski definition) is 7. The lowest BCUT2D eigenvalue weighted by molar-refractivity contribution is 0.130. The molecule has 3 N–H and O–H groups in total. The van der Waals surface area contributed by atoms with E-state index in [4.69, 9.17) is 23.7 Å². The van der Waals surface area contributed by atoms with Crippen LogP contribution in [0, 0.1) is 0 Å². The van der Waals surface area contributed by atoms with Gasteiger partial charge in [0.1, 0.15) is 0 Å². The summed E-state index contributed by atoms with van der Waals surface area (Å²) < 4.78 is 51.2. The zero-order valence-corrected chi connectivity index (χ0v) is 13.2. The summed E-state index contributed by atoms with van der Waals surface area (Å²) in [6.07, 6.45) is 3.71. The SMILES string of the molecule is O=P(O)(O)OP(=O)(O)OP1(=O)OCCCCCCCO1. The van der Waals surface area contributed by atoms with E-state index in [1.54, 1.807) is 0 Å². The Kier molecular flexibility index (Phi) is 7.02. The van der Waals surface area contributed by atoms with Crippen LogP contribution in [0.15, 0.2) is 0 Å². The fourth-order valence-electron chi connectivity index (χ4n) is 1.45. The van der Waals surface area contributed by atoms with Crippen LogP contribution in [0.2, 0.25) is 0 Å². The topological polar surface area (TPSA) is 149 Å². The second kappa shape index (κ2) is 7.61. The van der Waals surface area contributed by atoms with Crippen molar-refractivity contribution in [2.75, 3.05) is 13.2 Å². The molecule has 120 valence electrons. The smallest absolute Gasteiger partial charge is 0.302 e. The molecule has 0 saturated carbocycles. The van der Waals surface area contributed by atoms with Crippen LogP contribution in [0.4, 0.5) is 0 Å². The van der Waals surface area contributed by atoms with E-state index in [9.17, 15) is 13.7 Å². The molecule has 13 heteroatoms. The van der Waals surface area contributed by atoms with Crippen molar-refractivity contribution in [1.82, 2.24) is 0 Å². The van der Waals surface area contributed by atoms with Crippen molar-refractivity contribution in [2.45, 2.75) is 32.1 Å². The van der Waals surface area contributed by atoms with Gasteiger partial charge in [-0.1, -0.05) is 19.3 Å². The van der Waals surface area contributed by atoms with Gasteiger partial charge in [0.05, 0.1) is 13.2 Å². The molecule has 0 bridgehead atoms. The molecule has 1 unspecified atom stereocenters. The second-order valence-electron chi connectivity index (χ2n) is 4.00. The zero-order chi connectivity index (χ0) is 15.3. The van der Waals surface area contributed by atoms with Gasteiger partial charge in [-0.3, -0.25) is 9.05 Å². The molecule has 20 heavy (non-hydrogen) atoms. The van der Waals surface area contributed by atoms with Crippen molar-refractivity contribution >= 4 is 23.5 Å². The van der Waals surface area contributed by atoms with Crippen LogP contribution in [0.1, 0.15) is 32.1 Å². The molecule has 0 amide bonds. The third kappa shape index (κ3) is 8.00. The summed E-state index contributed by atoms with van der Waals surface area (Å²) in [5.41, 5.74) is 0. The Labute approximate surface area is 115 Å². The Morgan fingerprint density at radius 2 is 1.35 bits per heavy atom. The van der Waals surface area contributed by atoms with Gasteiger partial charge in [-0.2, -0.15) is 8.62 Å². The molecule has 1 aliphatic rings. The summed E-state index contributed by atoms with van der Waals surface area (Å²) in [5.74, 6) is 0. The fourth-order valence-corrected chi connectivity index (χ4v) is 5.08. The first-order valence-corrected chi connectivity index (χ1v) is 10.3. The normalized spacial score (nSPS) is 24.8. The van der Waals surface area contributed by atoms with Crippen molar-refractivity contribution in [1.29, 1.82) is 0 Å². The van der Waals surface area contributed by atoms with E-state index in [0.29, 0.717) is 12.8 Å². The Bertz CT molecular complexity index is 430. The minimum absolute atomic E-state index is 0.0345. The van der Waals surface area contributed by atoms with Gasteiger partial charge in [-0.05, 0) is 12.8 Å². The molecule has 0 spiro atoms. The summed E-state index contributed by atoms with van der Waals surface area (Å²) in [5, 5.41) is 0. The average molecular weight is 354 g/mol. The molecule has 1 heterocycles. The first-order chi connectivity index (χ1) is 9.12. The summed E-state index contributed by atoms with van der Waals surface area (Å²) in [4.78, 5) is 26.1. The number of hydrogen-bond donors (Lipinski definition) is 3. The Morgan fingerprint density at radius 3 is 1.80 bits per heavy atom. The van der Waals surface area contributed by atoms with Gasteiger partial charge in [0, 0.05) is 0 Å². The molecule has 1 fully saturated rings. The van der Waals surface area contributed by atoms with Crippen molar-refractivity contribution < 1.29 is 46.0 Å². The molecule has 0 aromatic carbocycles. The van der Waals surface area contributed by atoms with Gasteiger partial charge in [0.15, 0.2) is 0 Å². The molecule has 0 aliphatic carbocycles. The van der Waals surface area contributed by atoms with Crippen molar-refractivity contribution in [2.24, 2.45) is 0 Å². The first kappa shape index (κ1) is 18.5. The van der Waals surface area contributed by atoms with Gasteiger partial charge in [0.2, 0.25) is 0 Å². The van der Waals surface area contributed by atoms with E-state index in [2.05, 4.69) is 8.62 Å². The Hall–Kier alpha value is 0.410. The Balaban J connectivity index is 2.70. The summed E-state index contributed by atoms with van der Waals surface area (Å²) in [6.45, 7) is -0.0691. The van der Waals surface area contributed by atoms with Crippen LogP contribution in [0.25, 0.3) is 0 Å². The first-order valence-electron chi connectivity index (χ1n) is 5.82. The van der Waals surface area contributed by atoms with Crippen LogP contribution in [0.5, 0.6) is 0 Å². The van der Waals surface area contributed by atoms with E-state index in [1.165, 1.54) is 0 Å².